The largest absolute Gasteiger partial charge is 0.272 e. The highest BCUT2D eigenvalue weighted by atomic mass is 14.5. The Hall–Kier alpha value is -3.65. The number of nitriles is 2. The molecule has 0 spiro atoms. The van der Waals surface area contributed by atoms with Crippen molar-refractivity contribution in [3.63, 3.8) is 0 Å². The second-order valence-electron chi connectivity index (χ2n) is 5.13. The van der Waals surface area contributed by atoms with Gasteiger partial charge in [0.15, 0.2) is 0 Å². The fourth-order valence-corrected chi connectivity index (χ4v) is 2.44. The van der Waals surface area contributed by atoms with E-state index in [0.29, 0.717) is 28.7 Å². The molecule has 0 radical (unpaired) electrons. The highest BCUT2D eigenvalue weighted by Crippen LogP contribution is 2.30. The van der Waals surface area contributed by atoms with Crippen LogP contribution in [0, 0.1) is 22.7 Å². The smallest absolute Gasteiger partial charge is 0.192 e. The standard InChI is InChI=1S/C21H16N3/c1-4-15(2)18-9-10-19(21(14-23)20(18)13-22)17-7-5-16(6-8-17)11-12-24-3/h4-10,12H,1-3,11H2/q+1. The van der Waals surface area contributed by atoms with Gasteiger partial charge >= 0.3 is 0 Å². The third kappa shape index (κ3) is 3.23. The van der Waals surface area contributed by atoms with Crippen molar-refractivity contribution in [1.29, 1.82) is 10.5 Å². The molecule has 0 aromatic heterocycles. The van der Waals surface area contributed by atoms with E-state index in [9.17, 15) is 10.5 Å². The van der Waals surface area contributed by atoms with E-state index in [1.165, 1.54) is 0 Å². The van der Waals surface area contributed by atoms with Crippen LogP contribution in [-0.2, 0) is 6.42 Å². The maximum absolute atomic E-state index is 9.56. The topological polar surface area (TPSA) is 61.7 Å². The third-order valence-corrected chi connectivity index (χ3v) is 3.74. The minimum atomic E-state index is 0.327. The van der Waals surface area contributed by atoms with Crippen molar-refractivity contribution >= 4 is 18.5 Å². The summed E-state index contributed by atoms with van der Waals surface area (Å²) in [6.45, 7) is 11.0. The van der Waals surface area contributed by atoms with E-state index >= 15 is 0 Å². The van der Waals surface area contributed by atoms with Gasteiger partial charge in [-0.25, -0.2) is 0 Å². The molecule has 3 nitrogen and oxygen atoms in total. The van der Waals surface area contributed by atoms with Crippen LogP contribution >= 0.6 is 0 Å². The predicted octanol–water partition coefficient (Wildman–Crippen LogP) is 3.68. The monoisotopic (exact) mass is 310 g/mol. The van der Waals surface area contributed by atoms with Gasteiger partial charge in [0.05, 0.1) is 17.5 Å². The van der Waals surface area contributed by atoms with Crippen LogP contribution in [0.5, 0.6) is 0 Å². The van der Waals surface area contributed by atoms with Crippen molar-refractivity contribution in [1.82, 2.24) is 4.67 Å². The molecular formula is C21H16N3+. The lowest BCUT2D eigenvalue weighted by molar-refractivity contribution is 1.35. The number of nitrogens with zero attached hydrogens (tertiary/aromatic N) is 3. The van der Waals surface area contributed by atoms with Crippen molar-refractivity contribution in [3.8, 4) is 23.3 Å². The molecule has 0 aliphatic carbocycles. The average Bonchev–Trinajstić information content (AvgIpc) is 2.64. The zero-order valence-corrected chi connectivity index (χ0v) is 13.3. The molecule has 2 aromatic rings. The maximum Gasteiger partial charge on any atom is 0.272 e. The van der Waals surface area contributed by atoms with Crippen molar-refractivity contribution in [2.75, 3.05) is 0 Å². The fraction of sp³-hybridized carbons (Fsp3) is 0.0476. The average molecular weight is 310 g/mol. The van der Waals surface area contributed by atoms with Crippen LogP contribution in [0.1, 0.15) is 22.3 Å². The molecule has 0 heterocycles. The molecular weight excluding hydrogens is 294 g/mol. The van der Waals surface area contributed by atoms with E-state index in [2.05, 4.69) is 36.7 Å². The summed E-state index contributed by atoms with van der Waals surface area (Å²) in [5.41, 5.74) is 4.65. The van der Waals surface area contributed by atoms with Gasteiger partial charge in [-0.05, 0) is 16.7 Å². The zero-order valence-electron chi connectivity index (χ0n) is 13.3. The van der Waals surface area contributed by atoms with E-state index in [0.717, 1.165) is 16.7 Å². The van der Waals surface area contributed by atoms with Gasteiger partial charge < -0.3 is 0 Å². The summed E-state index contributed by atoms with van der Waals surface area (Å²) in [7, 11) is 0. The molecule has 0 saturated carbocycles. The van der Waals surface area contributed by atoms with Crippen molar-refractivity contribution in [2.24, 2.45) is 0 Å². The highest BCUT2D eigenvalue weighted by molar-refractivity contribution is 5.83. The second kappa shape index (κ2) is 7.56. The van der Waals surface area contributed by atoms with Gasteiger partial charge in [0.25, 0.3) is 12.9 Å². The molecule has 0 unspecified atom stereocenters. The Balaban J connectivity index is 2.57. The Morgan fingerprint density at radius 2 is 1.71 bits per heavy atom. The number of benzene rings is 2. The second-order valence-corrected chi connectivity index (χ2v) is 5.13. The minimum Gasteiger partial charge on any atom is -0.192 e. The summed E-state index contributed by atoms with van der Waals surface area (Å²) < 4.78 is 3.73. The molecule has 2 rings (SSSR count). The molecule has 2 aromatic carbocycles. The van der Waals surface area contributed by atoms with Crippen LogP contribution in [0.2, 0.25) is 0 Å². The van der Waals surface area contributed by atoms with Gasteiger partial charge in [0, 0.05) is 11.1 Å². The summed E-state index contributed by atoms with van der Waals surface area (Å²) in [6, 6.07) is 15.7. The summed E-state index contributed by atoms with van der Waals surface area (Å²) in [4.78, 5) is 0. The van der Waals surface area contributed by atoms with E-state index in [-0.39, 0.29) is 0 Å². The normalized spacial score (nSPS) is 9.25. The van der Waals surface area contributed by atoms with Crippen LogP contribution in [0.4, 0.5) is 0 Å². The molecule has 0 fully saturated rings. The summed E-state index contributed by atoms with van der Waals surface area (Å²) in [5, 5.41) is 19.1. The quantitative estimate of drug-likeness (QED) is 0.480. The van der Waals surface area contributed by atoms with Gasteiger partial charge in [-0.1, -0.05) is 55.6 Å². The summed E-state index contributed by atoms with van der Waals surface area (Å²) in [6.07, 6.45) is 4.02. The molecule has 0 aliphatic heterocycles. The molecule has 0 saturated heterocycles. The number of rotatable bonds is 5. The highest BCUT2D eigenvalue weighted by Gasteiger charge is 2.15. The number of allylic oxidation sites excluding steroid dienone is 2. The lowest BCUT2D eigenvalue weighted by Gasteiger charge is -2.11. The zero-order chi connectivity index (χ0) is 17.5. The molecule has 114 valence electrons. The van der Waals surface area contributed by atoms with Crippen LogP contribution in [0.25, 0.3) is 16.7 Å². The first-order chi connectivity index (χ1) is 11.7. The Bertz CT molecular complexity index is 929. The van der Waals surface area contributed by atoms with Gasteiger partial charge in [0.2, 0.25) is 0 Å². The molecule has 0 amide bonds. The summed E-state index contributed by atoms with van der Waals surface area (Å²) in [5.74, 6) is 0. The lowest BCUT2D eigenvalue weighted by atomic mass is 9.90. The Kier molecular flexibility index (Phi) is 5.27. The minimum absolute atomic E-state index is 0.327. The van der Waals surface area contributed by atoms with Crippen LogP contribution in [-0.4, -0.2) is 12.9 Å². The van der Waals surface area contributed by atoms with Gasteiger partial charge in [-0.2, -0.15) is 10.5 Å². The first-order valence-corrected chi connectivity index (χ1v) is 7.32. The maximum atomic E-state index is 9.56. The van der Waals surface area contributed by atoms with E-state index < -0.39 is 0 Å². The van der Waals surface area contributed by atoms with Crippen molar-refractivity contribution < 1.29 is 0 Å². The fourth-order valence-electron chi connectivity index (χ4n) is 2.44. The first-order valence-electron chi connectivity index (χ1n) is 7.32. The van der Waals surface area contributed by atoms with Crippen molar-refractivity contribution in [2.45, 2.75) is 6.42 Å². The Morgan fingerprint density at radius 3 is 2.25 bits per heavy atom. The molecule has 0 atom stereocenters. The van der Waals surface area contributed by atoms with E-state index in [1.54, 1.807) is 12.3 Å². The van der Waals surface area contributed by atoms with Gasteiger partial charge in [0.1, 0.15) is 12.1 Å². The molecule has 0 bridgehead atoms. The molecule has 24 heavy (non-hydrogen) atoms. The third-order valence-electron chi connectivity index (χ3n) is 3.74. The Labute approximate surface area is 141 Å². The lowest BCUT2D eigenvalue weighted by Crippen LogP contribution is -1.96. The SMILES string of the molecule is C=CC(=C)c1ccc(-c2ccc(CC=[N+]=C)cc2)c(C#N)c1C#N. The van der Waals surface area contributed by atoms with Crippen molar-refractivity contribution in [3.05, 3.63) is 77.9 Å². The van der Waals surface area contributed by atoms with E-state index in [1.807, 2.05) is 36.4 Å². The number of hydrogen-bond acceptors (Lipinski definition) is 2. The molecule has 0 N–H and O–H groups in total. The van der Waals surface area contributed by atoms with Crippen LogP contribution in [0.15, 0.2) is 55.6 Å². The predicted molar refractivity (Wildman–Crippen MR) is 99.6 cm³/mol. The van der Waals surface area contributed by atoms with Crippen LogP contribution < -0.4 is 4.67 Å². The van der Waals surface area contributed by atoms with Crippen LogP contribution in [0.3, 0.4) is 0 Å². The first kappa shape index (κ1) is 16.7. The number of hydrogen-bond donors (Lipinski definition) is 0. The Morgan fingerprint density at radius 1 is 1.04 bits per heavy atom. The van der Waals surface area contributed by atoms with Gasteiger partial charge in [-0.15, -0.1) is 4.67 Å². The van der Waals surface area contributed by atoms with E-state index in [4.69, 9.17) is 0 Å². The summed E-state index contributed by atoms with van der Waals surface area (Å²) >= 11 is 0. The molecule has 0 aliphatic rings. The van der Waals surface area contributed by atoms with Gasteiger partial charge in [-0.3, -0.25) is 0 Å². The molecule has 3 heteroatoms.